The van der Waals surface area contributed by atoms with Crippen molar-refractivity contribution in [2.24, 2.45) is 5.41 Å². The van der Waals surface area contributed by atoms with Gasteiger partial charge in [-0.15, -0.1) is 0 Å². The Kier molecular flexibility index (Phi) is 5.60. The minimum atomic E-state index is -1.06. The van der Waals surface area contributed by atoms with E-state index in [-0.39, 0.29) is 0 Å². The minimum absolute atomic E-state index is 0.641. The number of allylic oxidation sites excluding steroid dienone is 1. The maximum absolute atomic E-state index is 12.0. The smallest absolute Gasteiger partial charge is 0.410 e. The van der Waals surface area contributed by atoms with Gasteiger partial charge in [-0.3, -0.25) is 4.90 Å². The van der Waals surface area contributed by atoms with E-state index < -0.39 is 29.1 Å². The third-order valence-electron chi connectivity index (χ3n) is 2.60. The second-order valence-electron chi connectivity index (χ2n) is 6.15. The minimum Gasteiger partial charge on any atom is -0.480 e. The Morgan fingerprint density at radius 2 is 1.68 bits per heavy atom. The monoisotopic (exact) mass is 271 g/mol. The van der Waals surface area contributed by atoms with Crippen LogP contribution in [0.3, 0.4) is 0 Å². The fourth-order valence-electron chi connectivity index (χ4n) is 1.94. The van der Waals surface area contributed by atoms with Crippen molar-refractivity contribution < 1.29 is 19.4 Å². The van der Waals surface area contributed by atoms with Crippen molar-refractivity contribution in [3.63, 3.8) is 0 Å². The standard InChI is InChI=1S/C14H25NO4/c1-8-9-14(5,6)10(11(16)17)15(7)12(18)19-13(2,3)4/h8-10H,1-7H3,(H,16,17). The van der Waals surface area contributed by atoms with Gasteiger partial charge in [-0.05, 0) is 27.7 Å². The molecule has 0 spiro atoms. The molecular weight excluding hydrogens is 246 g/mol. The molecule has 1 atom stereocenters. The highest BCUT2D eigenvalue weighted by atomic mass is 16.6. The van der Waals surface area contributed by atoms with Crippen LogP contribution in [0.25, 0.3) is 0 Å². The zero-order valence-corrected chi connectivity index (χ0v) is 12.9. The van der Waals surface area contributed by atoms with E-state index in [1.807, 2.05) is 6.92 Å². The largest absolute Gasteiger partial charge is 0.480 e. The van der Waals surface area contributed by atoms with Gasteiger partial charge in [0.25, 0.3) is 0 Å². The Hall–Kier alpha value is -1.52. The van der Waals surface area contributed by atoms with Crippen molar-refractivity contribution in [3.05, 3.63) is 12.2 Å². The van der Waals surface area contributed by atoms with Crippen LogP contribution in [0.1, 0.15) is 41.5 Å². The number of likely N-dealkylation sites (N-methyl/N-ethyl adjacent to an activating group) is 1. The van der Waals surface area contributed by atoms with Crippen LogP contribution in [0.2, 0.25) is 0 Å². The Balaban J connectivity index is 5.22. The van der Waals surface area contributed by atoms with Gasteiger partial charge in [-0.25, -0.2) is 9.59 Å². The fourth-order valence-corrected chi connectivity index (χ4v) is 1.94. The Morgan fingerprint density at radius 1 is 1.21 bits per heavy atom. The maximum Gasteiger partial charge on any atom is 0.410 e. The van der Waals surface area contributed by atoms with Gasteiger partial charge in [-0.2, -0.15) is 0 Å². The fraction of sp³-hybridized carbons (Fsp3) is 0.714. The molecule has 0 saturated heterocycles. The number of ether oxygens (including phenoxy) is 1. The van der Waals surface area contributed by atoms with Crippen LogP contribution in [0.4, 0.5) is 4.79 Å². The summed E-state index contributed by atoms with van der Waals surface area (Å²) in [6.07, 6.45) is 2.91. The molecule has 110 valence electrons. The molecule has 1 unspecified atom stereocenters. The number of carbonyl (C=O) groups is 2. The maximum atomic E-state index is 12.0. The van der Waals surface area contributed by atoms with Crippen molar-refractivity contribution in [3.8, 4) is 0 Å². The van der Waals surface area contributed by atoms with E-state index in [1.54, 1.807) is 46.8 Å². The van der Waals surface area contributed by atoms with Gasteiger partial charge in [0.2, 0.25) is 0 Å². The predicted octanol–water partition coefficient (Wildman–Crippen LogP) is 2.91. The van der Waals surface area contributed by atoms with Gasteiger partial charge >= 0.3 is 12.1 Å². The van der Waals surface area contributed by atoms with E-state index in [9.17, 15) is 14.7 Å². The summed E-state index contributed by atoms with van der Waals surface area (Å²) < 4.78 is 5.20. The first-order chi connectivity index (χ1) is 8.42. The van der Waals surface area contributed by atoms with Crippen LogP contribution in [0, 0.1) is 5.41 Å². The molecule has 0 radical (unpaired) electrons. The third-order valence-corrected chi connectivity index (χ3v) is 2.60. The molecule has 0 heterocycles. The van der Waals surface area contributed by atoms with E-state index in [0.29, 0.717) is 0 Å². The molecule has 5 heteroatoms. The van der Waals surface area contributed by atoms with E-state index in [2.05, 4.69) is 0 Å². The molecule has 0 aromatic carbocycles. The molecule has 0 aliphatic heterocycles. The van der Waals surface area contributed by atoms with Gasteiger partial charge in [-0.1, -0.05) is 26.0 Å². The topological polar surface area (TPSA) is 66.8 Å². The SMILES string of the molecule is CC=CC(C)(C)C(C(=O)O)N(C)C(=O)OC(C)(C)C. The van der Waals surface area contributed by atoms with Crippen LogP contribution in [0.15, 0.2) is 12.2 Å². The van der Waals surface area contributed by atoms with Crippen LogP contribution >= 0.6 is 0 Å². The number of rotatable bonds is 4. The lowest BCUT2D eigenvalue weighted by atomic mass is 9.83. The molecule has 0 fully saturated rings. The van der Waals surface area contributed by atoms with E-state index in [4.69, 9.17) is 4.74 Å². The molecular formula is C14H25NO4. The molecule has 0 saturated carbocycles. The summed E-state index contributed by atoms with van der Waals surface area (Å²) in [7, 11) is 1.44. The van der Waals surface area contributed by atoms with Gasteiger partial charge in [0.1, 0.15) is 11.6 Å². The van der Waals surface area contributed by atoms with Gasteiger partial charge in [0.15, 0.2) is 0 Å². The van der Waals surface area contributed by atoms with Crippen LogP contribution in [0.5, 0.6) is 0 Å². The molecule has 0 bridgehead atoms. The lowest BCUT2D eigenvalue weighted by molar-refractivity contribution is -0.145. The molecule has 0 aromatic heterocycles. The summed E-state index contributed by atoms with van der Waals surface area (Å²) in [6.45, 7) is 10.6. The van der Waals surface area contributed by atoms with Gasteiger partial charge in [0, 0.05) is 12.5 Å². The molecule has 0 rings (SSSR count). The molecule has 1 N–H and O–H groups in total. The lowest BCUT2D eigenvalue weighted by Crippen LogP contribution is -2.51. The average molecular weight is 271 g/mol. The number of carboxylic acids is 1. The van der Waals surface area contributed by atoms with Gasteiger partial charge < -0.3 is 9.84 Å². The average Bonchev–Trinajstić information content (AvgIpc) is 2.12. The Labute approximate surface area is 115 Å². The normalized spacial score (nSPS) is 14.3. The third kappa shape index (κ3) is 5.32. The number of aliphatic carboxylic acids is 1. The van der Waals surface area contributed by atoms with E-state index in [0.717, 1.165) is 4.90 Å². The van der Waals surface area contributed by atoms with Crippen molar-refractivity contribution in [2.45, 2.75) is 53.2 Å². The van der Waals surface area contributed by atoms with Crippen molar-refractivity contribution in [1.82, 2.24) is 4.90 Å². The molecule has 5 nitrogen and oxygen atoms in total. The summed E-state index contributed by atoms with van der Waals surface area (Å²) >= 11 is 0. The molecule has 1 amide bonds. The number of amides is 1. The van der Waals surface area contributed by atoms with Crippen LogP contribution < -0.4 is 0 Å². The van der Waals surface area contributed by atoms with Crippen LogP contribution in [-0.4, -0.2) is 40.8 Å². The summed E-state index contributed by atoms with van der Waals surface area (Å²) in [5.41, 5.74) is -1.34. The number of nitrogens with zero attached hydrogens (tertiary/aromatic N) is 1. The highest BCUT2D eigenvalue weighted by Gasteiger charge is 2.40. The number of carboxylic acid groups (broad SMARTS) is 1. The summed E-state index contributed by atoms with van der Waals surface area (Å²) in [5.74, 6) is -1.06. The number of hydrogen-bond donors (Lipinski definition) is 1. The molecule has 0 aliphatic carbocycles. The quantitative estimate of drug-likeness (QED) is 0.798. The highest BCUT2D eigenvalue weighted by Crippen LogP contribution is 2.27. The molecule has 19 heavy (non-hydrogen) atoms. The van der Waals surface area contributed by atoms with Crippen molar-refractivity contribution in [1.29, 1.82) is 0 Å². The van der Waals surface area contributed by atoms with Crippen molar-refractivity contribution >= 4 is 12.1 Å². The lowest BCUT2D eigenvalue weighted by Gasteiger charge is -2.36. The zero-order valence-electron chi connectivity index (χ0n) is 12.9. The molecule has 0 aromatic rings. The van der Waals surface area contributed by atoms with E-state index >= 15 is 0 Å². The first-order valence-corrected chi connectivity index (χ1v) is 6.25. The molecule has 0 aliphatic rings. The second-order valence-corrected chi connectivity index (χ2v) is 6.15. The second kappa shape index (κ2) is 6.08. The predicted molar refractivity (Wildman–Crippen MR) is 74.0 cm³/mol. The van der Waals surface area contributed by atoms with Crippen molar-refractivity contribution in [2.75, 3.05) is 7.05 Å². The highest BCUT2D eigenvalue weighted by molar-refractivity contribution is 5.81. The van der Waals surface area contributed by atoms with E-state index in [1.165, 1.54) is 7.05 Å². The summed E-state index contributed by atoms with van der Waals surface area (Å²) in [5, 5.41) is 9.37. The first-order valence-electron chi connectivity index (χ1n) is 6.25. The number of carbonyl (C=O) groups excluding carboxylic acids is 1. The van der Waals surface area contributed by atoms with Gasteiger partial charge in [0.05, 0.1) is 0 Å². The Morgan fingerprint density at radius 3 is 2.00 bits per heavy atom. The zero-order chi connectivity index (χ0) is 15.4. The summed E-state index contributed by atoms with van der Waals surface area (Å²) in [6, 6.07) is -0.987. The van der Waals surface area contributed by atoms with Crippen LogP contribution in [-0.2, 0) is 9.53 Å². The number of hydrogen-bond acceptors (Lipinski definition) is 3. The first kappa shape index (κ1) is 17.5. The Bertz CT molecular complexity index is 366. The summed E-state index contributed by atoms with van der Waals surface area (Å²) in [4.78, 5) is 24.6.